The molecule has 0 saturated heterocycles. The number of esters is 1. The van der Waals surface area contributed by atoms with E-state index in [-0.39, 0.29) is 12.6 Å². The molecular weight excluding hydrogens is 342 g/mol. The van der Waals surface area contributed by atoms with Gasteiger partial charge in [0.15, 0.2) is 18.1 Å². The largest absolute Gasteiger partial charge is 0.493 e. The number of carbonyl (C=O) groups excluding carboxylic acids is 2. The predicted molar refractivity (Wildman–Crippen MR) is 96.4 cm³/mol. The molecule has 1 amide bonds. The molecule has 0 aliphatic carbocycles. The first kappa shape index (κ1) is 18.8. The Morgan fingerprint density at radius 1 is 1.12 bits per heavy atom. The lowest BCUT2D eigenvalue weighted by Gasteiger charge is -2.10. The van der Waals surface area contributed by atoms with Gasteiger partial charge in [-0.05, 0) is 36.4 Å². The van der Waals surface area contributed by atoms with Crippen LogP contribution in [0.1, 0.15) is 17.7 Å². The lowest BCUT2D eigenvalue weighted by molar-refractivity contribution is -0.147. The summed E-state index contributed by atoms with van der Waals surface area (Å²) in [5.74, 6) is 0.293. The van der Waals surface area contributed by atoms with Crippen molar-refractivity contribution >= 4 is 28.9 Å². The van der Waals surface area contributed by atoms with E-state index >= 15 is 0 Å². The van der Waals surface area contributed by atoms with Gasteiger partial charge in [0.05, 0.1) is 14.2 Å². The van der Waals surface area contributed by atoms with Crippen LogP contribution in [0.4, 0.5) is 5.69 Å². The second kappa shape index (κ2) is 9.68. The lowest BCUT2D eigenvalue weighted by atomic mass is 10.2. The molecule has 134 valence electrons. The van der Waals surface area contributed by atoms with E-state index < -0.39 is 5.91 Å². The predicted octanol–water partition coefficient (Wildman–Crippen LogP) is 3.27. The van der Waals surface area contributed by atoms with Crippen molar-refractivity contribution in [2.24, 2.45) is 0 Å². The summed E-state index contributed by atoms with van der Waals surface area (Å²) in [7, 11) is 3.05. The van der Waals surface area contributed by atoms with E-state index in [2.05, 4.69) is 5.32 Å². The summed E-state index contributed by atoms with van der Waals surface area (Å²) < 4.78 is 15.3. The minimum absolute atomic E-state index is 0.293. The molecule has 0 saturated carbocycles. The Bertz CT molecular complexity index is 699. The van der Waals surface area contributed by atoms with Crippen molar-refractivity contribution in [1.29, 1.82) is 0 Å². The first-order valence-electron chi connectivity index (χ1n) is 7.82. The van der Waals surface area contributed by atoms with Gasteiger partial charge in [-0.1, -0.05) is 6.07 Å². The van der Waals surface area contributed by atoms with Crippen LogP contribution in [0.15, 0.2) is 35.7 Å². The molecule has 1 aromatic heterocycles. The third kappa shape index (κ3) is 6.11. The Kier molecular flexibility index (Phi) is 7.28. The quantitative estimate of drug-likeness (QED) is 0.692. The van der Waals surface area contributed by atoms with Crippen LogP contribution in [-0.4, -0.2) is 32.7 Å². The fourth-order valence-corrected chi connectivity index (χ4v) is 2.94. The van der Waals surface area contributed by atoms with Crippen LogP contribution >= 0.6 is 11.3 Å². The van der Waals surface area contributed by atoms with E-state index in [1.807, 2.05) is 17.5 Å². The summed E-state index contributed by atoms with van der Waals surface area (Å²) in [5.41, 5.74) is 0.538. The average molecular weight is 363 g/mol. The Morgan fingerprint density at radius 3 is 2.60 bits per heavy atom. The van der Waals surface area contributed by atoms with Crippen molar-refractivity contribution in [3.05, 3.63) is 40.6 Å². The summed E-state index contributed by atoms with van der Waals surface area (Å²) in [6.07, 6.45) is 1.84. The molecule has 0 spiro atoms. The smallest absolute Gasteiger partial charge is 0.306 e. The number of hydrogen-bond acceptors (Lipinski definition) is 6. The van der Waals surface area contributed by atoms with Crippen molar-refractivity contribution < 1.29 is 23.8 Å². The highest BCUT2D eigenvalue weighted by Gasteiger charge is 2.10. The Balaban J connectivity index is 1.71. The van der Waals surface area contributed by atoms with Crippen molar-refractivity contribution in [3.63, 3.8) is 0 Å². The molecule has 2 aromatic rings. The van der Waals surface area contributed by atoms with Crippen molar-refractivity contribution in [3.8, 4) is 11.5 Å². The molecule has 25 heavy (non-hydrogen) atoms. The number of aryl methyl sites for hydroxylation is 1. The Hall–Kier alpha value is -2.54. The van der Waals surface area contributed by atoms with Gasteiger partial charge in [-0.3, -0.25) is 9.59 Å². The molecule has 0 unspecified atom stereocenters. The summed E-state index contributed by atoms with van der Waals surface area (Å²) in [6.45, 7) is -0.313. The number of benzene rings is 1. The van der Waals surface area contributed by atoms with E-state index in [0.717, 1.165) is 6.42 Å². The van der Waals surface area contributed by atoms with Gasteiger partial charge in [-0.15, -0.1) is 11.3 Å². The second-order valence-corrected chi connectivity index (χ2v) is 6.24. The first-order chi connectivity index (χ1) is 12.1. The van der Waals surface area contributed by atoms with Crippen molar-refractivity contribution in [1.82, 2.24) is 0 Å². The Morgan fingerprint density at radius 2 is 1.92 bits per heavy atom. The number of thiophene rings is 1. The van der Waals surface area contributed by atoms with Gasteiger partial charge in [0.2, 0.25) is 0 Å². The van der Waals surface area contributed by atoms with Gasteiger partial charge >= 0.3 is 5.97 Å². The Labute approximate surface area is 150 Å². The SMILES string of the molecule is COc1ccc(NC(=O)COC(=O)CCCc2cccs2)cc1OC. The molecule has 0 bridgehead atoms. The number of amides is 1. The third-order valence-corrected chi connectivity index (χ3v) is 4.35. The van der Waals surface area contributed by atoms with E-state index in [0.29, 0.717) is 30.0 Å². The first-order valence-corrected chi connectivity index (χ1v) is 8.70. The maximum Gasteiger partial charge on any atom is 0.306 e. The number of carbonyl (C=O) groups is 2. The zero-order chi connectivity index (χ0) is 18.1. The zero-order valence-corrected chi connectivity index (χ0v) is 15.1. The van der Waals surface area contributed by atoms with Crippen molar-refractivity contribution in [2.75, 3.05) is 26.1 Å². The topological polar surface area (TPSA) is 73.9 Å². The number of methoxy groups -OCH3 is 2. The molecule has 1 N–H and O–H groups in total. The number of hydrogen-bond donors (Lipinski definition) is 1. The molecule has 0 atom stereocenters. The number of nitrogens with one attached hydrogen (secondary N) is 1. The van der Waals surface area contributed by atoms with Crippen LogP contribution in [0.3, 0.4) is 0 Å². The summed E-state index contributed by atoms with van der Waals surface area (Å²) in [5, 5.41) is 4.66. The van der Waals surface area contributed by atoms with E-state index in [1.54, 1.807) is 29.5 Å². The number of anilines is 1. The molecule has 7 heteroatoms. The maximum atomic E-state index is 11.9. The third-order valence-electron chi connectivity index (χ3n) is 3.42. The minimum Gasteiger partial charge on any atom is -0.493 e. The lowest BCUT2D eigenvalue weighted by Crippen LogP contribution is -2.20. The summed E-state index contributed by atoms with van der Waals surface area (Å²) >= 11 is 1.66. The minimum atomic E-state index is -0.404. The number of ether oxygens (including phenoxy) is 3. The highest BCUT2D eigenvalue weighted by Crippen LogP contribution is 2.29. The summed E-state index contributed by atoms with van der Waals surface area (Å²) in [4.78, 5) is 24.8. The van der Waals surface area contributed by atoms with Gasteiger partial charge in [0, 0.05) is 23.1 Å². The molecule has 2 rings (SSSR count). The van der Waals surface area contributed by atoms with E-state index in [9.17, 15) is 9.59 Å². The normalized spacial score (nSPS) is 10.2. The molecule has 0 aliphatic rings. The highest BCUT2D eigenvalue weighted by molar-refractivity contribution is 7.09. The molecule has 6 nitrogen and oxygen atoms in total. The standard InChI is InChI=1S/C18H21NO5S/c1-22-15-9-8-13(11-16(15)23-2)19-17(20)12-24-18(21)7-3-5-14-6-4-10-25-14/h4,6,8-11H,3,5,7,12H2,1-2H3,(H,19,20). The zero-order valence-electron chi connectivity index (χ0n) is 14.2. The number of rotatable bonds is 9. The molecule has 0 fully saturated rings. The second-order valence-electron chi connectivity index (χ2n) is 5.21. The molecular formula is C18H21NO5S. The molecule has 0 aliphatic heterocycles. The average Bonchev–Trinajstić information content (AvgIpc) is 3.13. The molecule has 1 heterocycles. The van der Waals surface area contributed by atoms with Gasteiger partial charge in [0.1, 0.15) is 0 Å². The van der Waals surface area contributed by atoms with E-state index in [4.69, 9.17) is 14.2 Å². The van der Waals surface area contributed by atoms with Crippen LogP contribution < -0.4 is 14.8 Å². The van der Waals surface area contributed by atoms with Gasteiger partial charge in [-0.25, -0.2) is 0 Å². The van der Waals surface area contributed by atoms with Crippen LogP contribution in [0, 0.1) is 0 Å². The van der Waals surface area contributed by atoms with Crippen LogP contribution in [-0.2, 0) is 20.7 Å². The monoisotopic (exact) mass is 363 g/mol. The van der Waals surface area contributed by atoms with Crippen LogP contribution in [0.5, 0.6) is 11.5 Å². The van der Waals surface area contributed by atoms with Gasteiger partial charge < -0.3 is 19.5 Å². The highest BCUT2D eigenvalue weighted by atomic mass is 32.1. The fraction of sp³-hybridized carbons (Fsp3) is 0.333. The van der Waals surface area contributed by atoms with Crippen LogP contribution in [0.25, 0.3) is 0 Å². The maximum absolute atomic E-state index is 11.9. The van der Waals surface area contributed by atoms with Crippen molar-refractivity contribution in [2.45, 2.75) is 19.3 Å². The molecule has 0 radical (unpaired) electrons. The molecule has 1 aromatic carbocycles. The van der Waals surface area contributed by atoms with Gasteiger partial charge in [0.25, 0.3) is 5.91 Å². The van der Waals surface area contributed by atoms with Crippen LogP contribution in [0.2, 0.25) is 0 Å². The fourth-order valence-electron chi connectivity index (χ4n) is 2.19. The summed E-state index contributed by atoms with van der Waals surface area (Å²) in [6, 6.07) is 9.02. The van der Waals surface area contributed by atoms with Gasteiger partial charge in [-0.2, -0.15) is 0 Å². The van der Waals surface area contributed by atoms with E-state index in [1.165, 1.54) is 19.1 Å².